The van der Waals surface area contributed by atoms with Gasteiger partial charge in [0.05, 0.1) is 5.69 Å². The molecule has 1 aromatic carbocycles. The molecule has 1 saturated carbocycles. The SMILES string of the molecule is CCN(C1CCCC1)S(=O)(=O)c1ccc(Cl)cc1N. The summed E-state index contributed by atoms with van der Waals surface area (Å²) in [6, 6.07) is 4.64. The molecule has 19 heavy (non-hydrogen) atoms. The van der Waals surface area contributed by atoms with E-state index in [0.717, 1.165) is 25.7 Å². The van der Waals surface area contributed by atoms with E-state index in [0.29, 0.717) is 11.6 Å². The van der Waals surface area contributed by atoms with Gasteiger partial charge in [0.25, 0.3) is 0 Å². The molecule has 0 heterocycles. The molecule has 0 amide bonds. The molecule has 106 valence electrons. The summed E-state index contributed by atoms with van der Waals surface area (Å²) in [5.74, 6) is 0. The van der Waals surface area contributed by atoms with Gasteiger partial charge in [0.2, 0.25) is 10.0 Å². The minimum absolute atomic E-state index is 0.102. The van der Waals surface area contributed by atoms with E-state index in [4.69, 9.17) is 17.3 Å². The summed E-state index contributed by atoms with van der Waals surface area (Å²) in [5.41, 5.74) is 6.02. The molecule has 0 radical (unpaired) electrons. The second-order valence-corrected chi connectivity index (χ2v) is 7.12. The van der Waals surface area contributed by atoms with E-state index in [2.05, 4.69) is 0 Å². The summed E-state index contributed by atoms with van der Waals surface area (Å²) in [4.78, 5) is 0.158. The zero-order valence-electron chi connectivity index (χ0n) is 11.0. The molecule has 0 aliphatic heterocycles. The van der Waals surface area contributed by atoms with E-state index in [1.165, 1.54) is 12.1 Å². The quantitative estimate of drug-likeness (QED) is 0.870. The van der Waals surface area contributed by atoms with Gasteiger partial charge in [0, 0.05) is 17.6 Å². The Hall–Kier alpha value is -0.780. The van der Waals surface area contributed by atoms with Gasteiger partial charge in [0.15, 0.2) is 0 Å². The van der Waals surface area contributed by atoms with Gasteiger partial charge in [-0.15, -0.1) is 0 Å². The van der Waals surface area contributed by atoms with Gasteiger partial charge in [-0.3, -0.25) is 0 Å². The largest absolute Gasteiger partial charge is 0.398 e. The first-order chi connectivity index (χ1) is 8.96. The number of halogens is 1. The molecule has 1 fully saturated rings. The van der Waals surface area contributed by atoms with Crippen LogP contribution in [0.15, 0.2) is 23.1 Å². The Bertz CT molecular complexity index is 554. The van der Waals surface area contributed by atoms with E-state index in [-0.39, 0.29) is 16.6 Å². The number of nitrogen functional groups attached to an aromatic ring is 1. The summed E-state index contributed by atoms with van der Waals surface area (Å²) < 4.78 is 26.9. The van der Waals surface area contributed by atoms with Crippen LogP contribution in [0.5, 0.6) is 0 Å². The smallest absolute Gasteiger partial charge is 0.245 e. The van der Waals surface area contributed by atoms with Crippen molar-refractivity contribution < 1.29 is 8.42 Å². The van der Waals surface area contributed by atoms with Crippen LogP contribution >= 0.6 is 11.6 Å². The lowest BCUT2D eigenvalue weighted by Crippen LogP contribution is -2.38. The van der Waals surface area contributed by atoms with Crippen LogP contribution in [0.25, 0.3) is 0 Å². The maximum Gasteiger partial charge on any atom is 0.245 e. The lowest BCUT2D eigenvalue weighted by atomic mass is 10.2. The van der Waals surface area contributed by atoms with Crippen LogP contribution in [0.1, 0.15) is 32.6 Å². The highest BCUT2D eigenvalue weighted by atomic mass is 35.5. The van der Waals surface area contributed by atoms with Gasteiger partial charge < -0.3 is 5.73 Å². The minimum atomic E-state index is -3.53. The average Bonchev–Trinajstić information content (AvgIpc) is 2.82. The molecule has 0 aromatic heterocycles. The van der Waals surface area contributed by atoms with E-state index in [1.54, 1.807) is 10.4 Å². The van der Waals surface area contributed by atoms with Crippen molar-refractivity contribution in [3.8, 4) is 0 Å². The Kier molecular flexibility index (Phi) is 4.38. The highest BCUT2D eigenvalue weighted by molar-refractivity contribution is 7.89. The van der Waals surface area contributed by atoms with E-state index < -0.39 is 10.0 Å². The first kappa shape index (κ1) is 14.6. The molecule has 0 bridgehead atoms. The van der Waals surface area contributed by atoms with Crippen molar-refractivity contribution in [2.75, 3.05) is 12.3 Å². The fraction of sp³-hybridized carbons (Fsp3) is 0.538. The molecule has 0 saturated heterocycles. The first-order valence-corrected chi connectivity index (χ1v) is 8.35. The predicted molar refractivity (Wildman–Crippen MR) is 77.7 cm³/mol. The fourth-order valence-electron chi connectivity index (χ4n) is 2.70. The number of sulfonamides is 1. The van der Waals surface area contributed by atoms with Crippen LogP contribution in [0.4, 0.5) is 5.69 Å². The van der Waals surface area contributed by atoms with Gasteiger partial charge in [-0.05, 0) is 31.0 Å². The molecule has 1 aliphatic carbocycles. The Morgan fingerprint density at radius 1 is 1.37 bits per heavy atom. The zero-order valence-corrected chi connectivity index (χ0v) is 12.5. The molecule has 0 spiro atoms. The molecule has 0 atom stereocenters. The molecular weight excluding hydrogens is 284 g/mol. The molecule has 1 aromatic rings. The first-order valence-electron chi connectivity index (χ1n) is 6.53. The third-order valence-corrected chi connectivity index (χ3v) is 5.94. The standard InChI is InChI=1S/C13H19ClN2O2S/c1-2-16(11-5-3-4-6-11)19(17,18)13-8-7-10(14)9-12(13)15/h7-9,11H,2-6,15H2,1H3. The minimum Gasteiger partial charge on any atom is -0.398 e. The molecule has 4 nitrogen and oxygen atoms in total. The van der Waals surface area contributed by atoms with Crippen LogP contribution in [0.2, 0.25) is 5.02 Å². The number of nitrogens with two attached hydrogens (primary N) is 1. The molecular formula is C13H19ClN2O2S. The number of nitrogens with zero attached hydrogens (tertiary/aromatic N) is 1. The van der Waals surface area contributed by atoms with Crippen LogP contribution in [-0.2, 0) is 10.0 Å². The van der Waals surface area contributed by atoms with Gasteiger partial charge in [-0.2, -0.15) is 4.31 Å². The average molecular weight is 303 g/mol. The number of benzene rings is 1. The highest BCUT2D eigenvalue weighted by Crippen LogP contribution is 2.31. The topological polar surface area (TPSA) is 63.4 Å². The summed E-state index contributed by atoms with van der Waals surface area (Å²) in [6.45, 7) is 2.33. The number of hydrogen-bond donors (Lipinski definition) is 1. The normalized spacial score (nSPS) is 17.2. The maximum absolute atomic E-state index is 12.7. The second-order valence-electron chi connectivity index (χ2n) is 4.83. The van der Waals surface area contributed by atoms with Crippen molar-refractivity contribution in [2.24, 2.45) is 0 Å². The number of rotatable bonds is 4. The summed E-state index contributed by atoms with van der Waals surface area (Å²) in [5, 5.41) is 0.445. The molecule has 0 unspecified atom stereocenters. The van der Waals surface area contributed by atoms with Crippen LogP contribution in [0.3, 0.4) is 0 Å². The van der Waals surface area contributed by atoms with Crippen molar-refractivity contribution in [2.45, 2.75) is 43.5 Å². The third kappa shape index (κ3) is 2.88. The van der Waals surface area contributed by atoms with Crippen molar-refractivity contribution in [3.63, 3.8) is 0 Å². The van der Waals surface area contributed by atoms with Crippen molar-refractivity contribution >= 4 is 27.3 Å². The summed E-state index contributed by atoms with van der Waals surface area (Å²) in [6.07, 6.45) is 4.04. The lowest BCUT2D eigenvalue weighted by molar-refractivity contribution is 0.335. The van der Waals surface area contributed by atoms with Crippen molar-refractivity contribution in [1.82, 2.24) is 4.31 Å². The van der Waals surface area contributed by atoms with Gasteiger partial charge in [0.1, 0.15) is 4.90 Å². The summed E-state index contributed by atoms with van der Waals surface area (Å²) in [7, 11) is -3.53. The van der Waals surface area contributed by atoms with Crippen LogP contribution in [0, 0.1) is 0 Å². The molecule has 2 rings (SSSR count). The van der Waals surface area contributed by atoms with E-state index in [9.17, 15) is 8.42 Å². The second kappa shape index (κ2) is 5.69. The Labute approximate surface area is 119 Å². The molecule has 2 N–H and O–H groups in total. The third-order valence-electron chi connectivity index (χ3n) is 3.60. The molecule has 6 heteroatoms. The predicted octanol–water partition coefficient (Wildman–Crippen LogP) is 2.88. The Balaban J connectivity index is 2.39. The van der Waals surface area contributed by atoms with Crippen molar-refractivity contribution in [3.05, 3.63) is 23.2 Å². The van der Waals surface area contributed by atoms with E-state index in [1.807, 2.05) is 6.92 Å². The lowest BCUT2D eigenvalue weighted by Gasteiger charge is -2.27. The summed E-state index contributed by atoms with van der Waals surface area (Å²) >= 11 is 5.82. The Morgan fingerprint density at radius 2 is 2.00 bits per heavy atom. The zero-order chi connectivity index (χ0) is 14.0. The van der Waals surface area contributed by atoms with Crippen LogP contribution < -0.4 is 5.73 Å². The van der Waals surface area contributed by atoms with E-state index >= 15 is 0 Å². The molecule has 1 aliphatic rings. The Morgan fingerprint density at radius 3 is 2.53 bits per heavy atom. The van der Waals surface area contributed by atoms with Gasteiger partial charge >= 0.3 is 0 Å². The van der Waals surface area contributed by atoms with Gasteiger partial charge in [-0.25, -0.2) is 8.42 Å². The maximum atomic E-state index is 12.7. The number of anilines is 1. The highest BCUT2D eigenvalue weighted by Gasteiger charge is 2.33. The van der Waals surface area contributed by atoms with Crippen LogP contribution in [-0.4, -0.2) is 25.3 Å². The van der Waals surface area contributed by atoms with Crippen molar-refractivity contribution in [1.29, 1.82) is 0 Å². The monoisotopic (exact) mass is 302 g/mol. The fourth-order valence-corrected chi connectivity index (χ4v) is 4.67. The number of hydrogen-bond acceptors (Lipinski definition) is 3. The van der Waals surface area contributed by atoms with Gasteiger partial charge in [-0.1, -0.05) is 31.4 Å².